The minimum Gasteiger partial charge on any atom is -0.467 e. The number of thioether (sulfide) groups is 1. The van der Waals surface area contributed by atoms with E-state index in [2.05, 4.69) is 17.0 Å². The summed E-state index contributed by atoms with van der Waals surface area (Å²) in [7, 11) is 1.17. The van der Waals surface area contributed by atoms with Crippen LogP contribution in [0.15, 0.2) is 0 Å². The number of esters is 2. The molecule has 0 bridgehead atoms. The normalized spacial score (nSPS) is 12.8. The van der Waals surface area contributed by atoms with Gasteiger partial charge >= 0.3 is 11.9 Å². The Morgan fingerprint density at radius 3 is 2.20 bits per heavy atom. The summed E-state index contributed by atoms with van der Waals surface area (Å²) in [4.78, 5) is 35.0. The van der Waals surface area contributed by atoms with Crippen molar-refractivity contribution in [2.24, 2.45) is 5.73 Å². The number of carbonyl (C=O) groups excluding carboxylic acids is 3. The van der Waals surface area contributed by atoms with E-state index in [1.54, 1.807) is 0 Å². The van der Waals surface area contributed by atoms with Crippen LogP contribution in [-0.2, 0) is 23.9 Å². The van der Waals surface area contributed by atoms with Gasteiger partial charge in [-0.25, -0.2) is 4.79 Å². The zero-order chi connectivity index (χ0) is 22.6. The van der Waals surface area contributed by atoms with E-state index < -0.39 is 30.6 Å². The first-order chi connectivity index (χ1) is 14.5. The average Bonchev–Trinajstić information content (AvgIpc) is 2.75. The first kappa shape index (κ1) is 28.7. The fourth-order valence-electron chi connectivity index (χ4n) is 2.75. The third-order valence-corrected chi connectivity index (χ3v) is 5.64. The minimum absolute atomic E-state index is 0.190. The maximum Gasteiger partial charge on any atom is 0.330 e. The molecule has 0 unspecified atom stereocenters. The third kappa shape index (κ3) is 15.5. The van der Waals surface area contributed by atoms with Crippen molar-refractivity contribution in [3.05, 3.63) is 0 Å². The van der Waals surface area contributed by atoms with Crippen LogP contribution in [0.3, 0.4) is 0 Å². The van der Waals surface area contributed by atoms with Gasteiger partial charge in [-0.1, -0.05) is 58.3 Å². The highest BCUT2D eigenvalue weighted by Gasteiger charge is 2.23. The van der Waals surface area contributed by atoms with Gasteiger partial charge in [-0.15, -0.1) is 0 Å². The fraction of sp³-hybridized carbons (Fsp3) is 0.857. The van der Waals surface area contributed by atoms with Gasteiger partial charge in [0.1, 0.15) is 6.61 Å². The fourth-order valence-corrected chi connectivity index (χ4v) is 3.53. The van der Waals surface area contributed by atoms with E-state index >= 15 is 0 Å². The van der Waals surface area contributed by atoms with Gasteiger partial charge in [0.2, 0.25) is 5.91 Å². The molecule has 0 saturated heterocycles. The summed E-state index contributed by atoms with van der Waals surface area (Å²) >= 11 is 1.38. The van der Waals surface area contributed by atoms with E-state index in [0.29, 0.717) is 17.9 Å². The molecule has 0 spiro atoms. The summed E-state index contributed by atoms with van der Waals surface area (Å²) in [5, 5.41) is 11.4. The molecule has 0 aliphatic carbocycles. The van der Waals surface area contributed by atoms with Gasteiger partial charge in [-0.05, 0) is 6.42 Å². The van der Waals surface area contributed by atoms with Gasteiger partial charge in [0.25, 0.3) is 0 Å². The van der Waals surface area contributed by atoms with Crippen molar-refractivity contribution in [2.75, 3.05) is 31.8 Å². The highest BCUT2D eigenvalue weighted by Crippen LogP contribution is 2.11. The number of carbonyl (C=O) groups is 3. The molecule has 8 nitrogen and oxygen atoms in total. The van der Waals surface area contributed by atoms with Crippen molar-refractivity contribution in [3.8, 4) is 0 Å². The van der Waals surface area contributed by atoms with Crippen molar-refractivity contribution in [1.82, 2.24) is 5.32 Å². The minimum atomic E-state index is -1.12. The van der Waals surface area contributed by atoms with Crippen molar-refractivity contribution in [3.63, 3.8) is 0 Å². The number of aliphatic hydroxyl groups excluding tert-OH is 1. The molecule has 0 rings (SSSR count). The van der Waals surface area contributed by atoms with Crippen LogP contribution in [0.5, 0.6) is 0 Å². The second-order valence-corrected chi connectivity index (χ2v) is 8.40. The van der Waals surface area contributed by atoms with Gasteiger partial charge < -0.3 is 25.6 Å². The van der Waals surface area contributed by atoms with E-state index in [1.807, 2.05) is 0 Å². The smallest absolute Gasteiger partial charge is 0.330 e. The molecule has 2 atom stereocenters. The zero-order valence-electron chi connectivity index (χ0n) is 18.5. The van der Waals surface area contributed by atoms with Gasteiger partial charge in [0.05, 0.1) is 19.8 Å². The lowest BCUT2D eigenvalue weighted by Crippen LogP contribution is -2.51. The van der Waals surface area contributed by atoms with Crippen LogP contribution in [0.4, 0.5) is 0 Å². The summed E-state index contributed by atoms with van der Waals surface area (Å²) in [5.74, 6) is -0.630. The SMILES string of the molecule is CCCCCCCCCCCC(=O)OCCSC[C@@H](N)C(=O)N[C@@H](CO)C(=O)OC. The topological polar surface area (TPSA) is 128 Å². The lowest BCUT2D eigenvalue weighted by Gasteiger charge is -2.17. The van der Waals surface area contributed by atoms with Crippen molar-refractivity contribution >= 4 is 29.6 Å². The Labute approximate surface area is 185 Å². The van der Waals surface area contributed by atoms with Gasteiger partial charge in [-0.3, -0.25) is 9.59 Å². The quantitative estimate of drug-likeness (QED) is 0.203. The Balaban J connectivity index is 3.65. The highest BCUT2D eigenvalue weighted by atomic mass is 32.2. The first-order valence-electron chi connectivity index (χ1n) is 10.9. The van der Waals surface area contributed by atoms with Crippen LogP contribution >= 0.6 is 11.8 Å². The number of unbranched alkanes of at least 4 members (excludes halogenated alkanes) is 8. The monoisotopic (exact) mass is 448 g/mol. The summed E-state index contributed by atoms with van der Waals surface area (Å²) in [5.41, 5.74) is 5.77. The molecule has 176 valence electrons. The number of hydrogen-bond acceptors (Lipinski definition) is 8. The molecule has 0 radical (unpaired) electrons. The Morgan fingerprint density at radius 1 is 1.03 bits per heavy atom. The van der Waals surface area contributed by atoms with E-state index in [9.17, 15) is 14.4 Å². The van der Waals surface area contributed by atoms with E-state index in [0.717, 1.165) is 12.8 Å². The van der Waals surface area contributed by atoms with Crippen LogP contribution in [0.1, 0.15) is 71.1 Å². The molecule has 0 aromatic heterocycles. The number of rotatable bonds is 19. The van der Waals surface area contributed by atoms with Crippen LogP contribution < -0.4 is 11.1 Å². The lowest BCUT2D eigenvalue weighted by molar-refractivity contribution is -0.146. The lowest BCUT2D eigenvalue weighted by atomic mass is 10.1. The molecule has 30 heavy (non-hydrogen) atoms. The molecule has 0 saturated carbocycles. The van der Waals surface area contributed by atoms with Gasteiger partial charge in [0, 0.05) is 17.9 Å². The Hall–Kier alpha value is -1.32. The average molecular weight is 449 g/mol. The predicted molar refractivity (Wildman–Crippen MR) is 119 cm³/mol. The van der Waals surface area contributed by atoms with Crippen LogP contribution in [0.2, 0.25) is 0 Å². The summed E-state index contributed by atoms with van der Waals surface area (Å²) in [6, 6.07) is -1.97. The van der Waals surface area contributed by atoms with Gasteiger partial charge in [0.15, 0.2) is 6.04 Å². The molecule has 4 N–H and O–H groups in total. The summed E-state index contributed by atoms with van der Waals surface area (Å²) in [6.07, 6.45) is 11.3. The third-order valence-electron chi connectivity index (χ3n) is 4.59. The molecule has 1 amide bonds. The molecule has 0 fully saturated rings. The predicted octanol–water partition coefficient (Wildman–Crippen LogP) is 2.16. The number of nitrogens with one attached hydrogen (secondary N) is 1. The molecular formula is C21H40N2O6S. The van der Waals surface area contributed by atoms with E-state index in [-0.39, 0.29) is 12.6 Å². The van der Waals surface area contributed by atoms with Gasteiger partial charge in [-0.2, -0.15) is 11.8 Å². The first-order valence-corrected chi connectivity index (χ1v) is 12.1. The second-order valence-electron chi connectivity index (χ2n) is 7.25. The molecule has 9 heteroatoms. The number of methoxy groups -OCH3 is 1. The maximum absolute atomic E-state index is 11.9. The van der Waals surface area contributed by atoms with Crippen molar-refractivity contribution in [1.29, 1.82) is 0 Å². The number of hydrogen-bond donors (Lipinski definition) is 3. The van der Waals surface area contributed by atoms with Crippen LogP contribution in [-0.4, -0.2) is 66.9 Å². The molecule has 0 heterocycles. The number of aliphatic hydroxyl groups is 1. The number of nitrogens with two attached hydrogens (primary N) is 1. The van der Waals surface area contributed by atoms with Crippen LogP contribution in [0, 0.1) is 0 Å². The summed E-state index contributed by atoms with van der Waals surface area (Å²) in [6.45, 7) is 1.93. The Morgan fingerprint density at radius 2 is 1.63 bits per heavy atom. The van der Waals surface area contributed by atoms with Crippen molar-refractivity contribution < 1.29 is 29.0 Å². The highest BCUT2D eigenvalue weighted by molar-refractivity contribution is 7.99. The van der Waals surface area contributed by atoms with E-state index in [4.69, 9.17) is 15.6 Å². The standard InChI is InChI=1S/C21H40N2O6S/c1-3-4-5-6-7-8-9-10-11-12-19(25)29-13-14-30-16-17(22)20(26)23-18(15-24)21(27)28-2/h17-18,24H,3-16,22H2,1-2H3,(H,23,26)/t17-,18+/m1/s1. The maximum atomic E-state index is 11.9. The summed E-state index contributed by atoms with van der Waals surface area (Å²) < 4.78 is 9.67. The largest absolute Gasteiger partial charge is 0.467 e. The second kappa shape index (κ2) is 19.6. The molecule has 0 aliphatic heterocycles. The van der Waals surface area contributed by atoms with Crippen LogP contribution in [0.25, 0.3) is 0 Å². The Bertz CT molecular complexity index is 478. The Kier molecular flexibility index (Phi) is 18.8. The number of ether oxygens (including phenoxy) is 2. The molecule has 0 aromatic rings. The molecular weight excluding hydrogens is 408 g/mol. The van der Waals surface area contributed by atoms with Crippen molar-refractivity contribution in [2.45, 2.75) is 83.2 Å². The zero-order valence-corrected chi connectivity index (χ0v) is 19.3. The molecule has 0 aromatic carbocycles. The van der Waals surface area contributed by atoms with E-state index in [1.165, 1.54) is 63.8 Å². The molecule has 0 aliphatic rings. The number of amides is 1.